The Morgan fingerprint density at radius 1 is 1.05 bits per heavy atom. The molecule has 2 aromatic rings. The van der Waals surface area contributed by atoms with Gasteiger partial charge in [0.15, 0.2) is 5.78 Å². The minimum Gasteiger partial charge on any atom is -0.484 e. The summed E-state index contributed by atoms with van der Waals surface area (Å²) in [4.78, 5) is 12.4. The van der Waals surface area contributed by atoms with Crippen molar-refractivity contribution in [2.45, 2.75) is 31.3 Å². The third-order valence-corrected chi connectivity index (χ3v) is 4.71. The minimum atomic E-state index is -0.162. The normalized spacial score (nSPS) is 20.8. The summed E-state index contributed by atoms with van der Waals surface area (Å²) in [5.74, 6) is 1.56. The molecule has 106 valence electrons. The third-order valence-electron chi connectivity index (χ3n) is 4.21. The average molecular weight is 343 g/mol. The van der Waals surface area contributed by atoms with Gasteiger partial charge in [-0.3, -0.25) is 4.79 Å². The van der Waals surface area contributed by atoms with Gasteiger partial charge >= 0.3 is 0 Å². The van der Waals surface area contributed by atoms with Crippen molar-refractivity contribution in [3.63, 3.8) is 0 Å². The minimum absolute atomic E-state index is 0.152. The molecule has 1 aliphatic carbocycles. The lowest BCUT2D eigenvalue weighted by molar-refractivity contribution is 0.0850. The first kappa shape index (κ1) is 13.1. The number of benzene rings is 2. The summed E-state index contributed by atoms with van der Waals surface area (Å²) < 4.78 is 6.97. The monoisotopic (exact) mass is 342 g/mol. The Balaban J connectivity index is 1.67. The number of rotatable bonds is 2. The molecular formula is C18H15BrO2. The molecule has 2 aromatic carbocycles. The van der Waals surface area contributed by atoms with Crippen LogP contribution in [0.15, 0.2) is 46.9 Å². The van der Waals surface area contributed by atoms with Crippen LogP contribution in [0, 0.1) is 0 Å². The molecule has 2 nitrogen and oxygen atoms in total. The first-order valence-corrected chi connectivity index (χ1v) is 8.09. The maximum absolute atomic E-state index is 12.4. The zero-order valence-corrected chi connectivity index (χ0v) is 13.1. The van der Waals surface area contributed by atoms with Crippen molar-refractivity contribution in [3.8, 4) is 5.75 Å². The number of ketones is 1. The van der Waals surface area contributed by atoms with E-state index < -0.39 is 0 Å². The van der Waals surface area contributed by atoms with Crippen LogP contribution in [-0.2, 0) is 0 Å². The second-order valence-corrected chi connectivity index (χ2v) is 6.73. The number of ether oxygens (including phenoxy) is 1. The fourth-order valence-electron chi connectivity index (χ4n) is 2.91. The SMILES string of the molecule is O=C1CC(c2cccc(C3CC3)c2)Oc2ccc(Br)cc21. The Bertz CT molecular complexity index is 719. The molecular weight excluding hydrogens is 328 g/mol. The van der Waals surface area contributed by atoms with Gasteiger partial charge in [-0.05, 0) is 48.1 Å². The standard InChI is InChI=1S/C18H15BrO2/c19-14-6-7-17-15(9-14)16(20)10-18(21-17)13-3-1-2-12(8-13)11-4-5-11/h1-3,6-9,11,18H,4-5,10H2. The molecule has 1 atom stereocenters. The van der Waals surface area contributed by atoms with Crippen molar-refractivity contribution in [3.05, 3.63) is 63.6 Å². The van der Waals surface area contributed by atoms with Crippen LogP contribution in [0.4, 0.5) is 0 Å². The van der Waals surface area contributed by atoms with E-state index in [0.29, 0.717) is 23.7 Å². The molecule has 0 saturated heterocycles. The maximum Gasteiger partial charge on any atom is 0.170 e. The number of halogens is 1. The van der Waals surface area contributed by atoms with Gasteiger partial charge in [0, 0.05) is 4.47 Å². The molecule has 1 fully saturated rings. The molecule has 2 aliphatic rings. The molecule has 3 heteroatoms. The number of hydrogen-bond acceptors (Lipinski definition) is 2. The van der Waals surface area contributed by atoms with Gasteiger partial charge in [0.1, 0.15) is 11.9 Å². The fourth-order valence-corrected chi connectivity index (χ4v) is 3.27. The highest BCUT2D eigenvalue weighted by Gasteiger charge is 2.29. The number of carbonyl (C=O) groups excluding carboxylic acids is 1. The Hall–Kier alpha value is -1.61. The van der Waals surface area contributed by atoms with Crippen LogP contribution in [0.1, 0.15) is 52.8 Å². The molecule has 21 heavy (non-hydrogen) atoms. The van der Waals surface area contributed by atoms with E-state index in [1.807, 2.05) is 18.2 Å². The van der Waals surface area contributed by atoms with Crippen LogP contribution in [0.3, 0.4) is 0 Å². The van der Waals surface area contributed by atoms with Gasteiger partial charge in [-0.2, -0.15) is 0 Å². The molecule has 0 radical (unpaired) electrons. The second kappa shape index (κ2) is 4.99. The van der Waals surface area contributed by atoms with Crippen molar-refractivity contribution in [1.82, 2.24) is 0 Å². The van der Waals surface area contributed by atoms with E-state index in [0.717, 1.165) is 10.0 Å². The predicted octanol–water partition coefficient (Wildman–Crippen LogP) is 5.03. The second-order valence-electron chi connectivity index (χ2n) is 5.82. The lowest BCUT2D eigenvalue weighted by Gasteiger charge is -2.26. The molecule has 1 unspecified atom stereocenters. The quantitative estimate of drug-likeness (QED) is 0.764. The van der Waals surface area contributed by atoms with Crippen molar-refractivity contribution in [2.75, 3.05) is 0 Å². The molecule has 4 rings (SSSR count). The van der Waals surface area contributed by atoms with Gasteiger partial charge in [-0.15, -0.1) is 0 Å². The number of fused-ring (bicyclic) bond motifs is 1. The lowest BCUT2D eigenvalue weighted by Crippen LogP contribution is -2.20. The number of hydrogen-bond donors (Lipinski definition) is 0. The van der Waals surface area contributed by atoms with E-state index in [1.165, 1.54) is 18.4 Å². The first-order chi connectivity index (χ1) is 10.2. The Labute approximate surface area is 132 Å². The highest BCUT2D eigenvalue weighted by Crippen LogP contribution is 2.42. The average Bonchev–Trinajstić information content (AvgIpc) is 3.33. The van der Waals surface area contributed by atoms with E-state index >= 15 is 0 Å². The molecule has 1 saturated carbocycles. The number of carbonyl (C=O) groups is 1. The summed E-state index contributed by atoms with van der Waals surface area (Å²) in [6, 6.07) is 14.1. The highest BCUT2D eigenvalue weighted by atomic mass is 79.9. The number of Topliss-reactive ketones (excluding diaryl/α,β-unsaturated/α-hetero) is 1. The Morgan fingerprint density at radius 2 is 1.86 bits per heavy atom. The smallest absolute Gasteiger partial charge is 0.170 e. The van der Waals surface area contributed by atoms with Crippen molar-refractivity contribution < 1.29 is 9.53 Å². The largest absolute Gasteiger partial charge is 0.484 e. The zero-order chi connectivity index (χ0) is 14.4. The molecule has 0 spiro atoms. The van der Waals surface area contributed by atoms with E-state index in [9.17, 15) is 4.79 Å². The molecule has 0 bridgehead atoms. The van der Waals surface area contributed by atoms with E-state index in [2.05, 4.69) is 40.2 Å². The van der Waals surface area contributed by atoms with E-state index in [-0.39, 0.29) is 11.9 Å². The van der Waals surface area contributed by atoms with Crippen molar-refractivity contribution in [1.29, 1.82) is 0 Å². The Morgan fingerprint density at radius 3 is 2.67 bits per heavy atom. The molecule has 0 N–H and O–H groups in total. The van der Waals surface area contributed by atoms with Crippen molar-refractivity contribution >= 4 is 21.7 Å². The zero-order valence-electron chi connectivity index (χ0n) is 11.5. The first-order valence-electron chi connectivity index (χ1n) is 7.30. The van der Waals surface area contributed by atoms with Crippen molar-refractivity contribution in [2.24, 2.45) is 0 Å². The summed E-state index contributed by atoms with van der Waals surface area (Å²) in [5, 5.41) is 0. The lowest BCUT2D eigenvalue weighted by atomic mass is 9.95. The predicted molar refractivity (Wildman–Crippen MR) is 84.9 cm³/mol. The van der Waals surface area contributed by atoms with Gasteiger partial charge in [-0.25, -0.2) is 0 Å². The van der Waals surface area contributed by atoms with Crippen LogP contribution in [0.2, 0.25) is 0 Å². The van der Waals surface area contributed by atoms with Gasteiger partial charge in [0.25, 0.3) is 0 Å². The van der Waals surface area contributed by atoms with E-state index in [1.54, 1.807) is 0 Å². The van der Waals surface area contributed by atoms with Gasteiger partial charge in [0.05, 0.1) is 12.0 Å². The molecule has 1 heterocycles. The fraction of sp³-hybridized carbons (Fsp3) is 0.278. The topological polar surface area (TPSA) is 26.3 Å². The van der Waals surface area contributed by atoms with Crippen LogP contribution < -0.4 is 4.74 Å². The third kappa shape index (κ3) is 2.51. The van der Waals surface area contributed by atoms with Crippen LogP contribution in [0.5, 0.6) is 5.75 Å². The maximum atomic E-state index is 12.4. The summed E-state index contributed by atoms with van der Waals surface area (Å²) in [7, 11) is 0. The summed E-state index contributed by atoms with van der Waals surface area (Å²) in [5.41, 5.74) is 3.17. The summed E-state index contributed by atoms with van der Waals surface area (Å²) in [6.07, 6.45) is 2.82. The van der Waals surface area contributed by atoms with Gasteiger partial charge in [-0.1, -0.05) is 40.2 Å². The van der Waals surface area contributed by atoms with Crippen LogP contribution in [-0.4, -0.2) is 5.78 Å². The molecule has 0 amide bonds. The summed E-state index contributed by atoms with van der Waals surface area (Å²) >= 11 is 3.40. The highest BCUT2D eigenvalue weighted by molar-refractivity contribution is 9.10. The van der Waals surface area contributed by atoms with E-state index in [4.69, 9.17) is 4.74 Å². The van der Waals surface area contributed by atoms with Gasteiger partial charge in [0.2, 0.25) is 0 Å². The summed E-state index contributed by atoms with van der Waals surface area (Å²) in [6.45, 7) is 0. The molecule has 1 aliphatic heterocycles. The molecule has 0 aromatic heterocycles. The van der Waals surface area contributed by atoms with Crippen LogP contribution in [0.25, 0.3) is 0 Å². The Kier molecular flexibility index (Phi) is 3.11. The van der Waals surface area contributed by atoms with Crippen LogP contribution >= 0.6 is 15.9 Å². The van der Waals surface area contributed by atoms with Gasteiger partial charge < -0.3 is 4.74 Å².